The van der Waals surface area contributed by atoms with E-state index in [1.165, 1.54) is 9.75 Å². The first-order chi connectivity index (χ1) is 10.5. The molecular formula is C17H21NO3S. The lowest BCUT2D eigenvalue weighted by atomic mass is 10.1. The van der Waals surface area contributed by atoms with Crippen LogP contribution in [0.15, 0.2) is 30.3 Å². The SMILES string of the molecule is COc1cc(OC)cc(C(=O)NC(C)Cc2ccc(C)s2)c1. The monoisotopic (exact) mass is 319 g/mol. The number of benzene rings is 1. The van der Waals surface area contributed by atoms with Crippen molar-refractivity contribution in [3.63, 3.8) is 0 Å². The van der Waals surface area contributed by atoms with E-state index in [1.807, 2.05) is 6.92 Å². The zero-order valence-corrected chi connectivity index (χ0v) is 14.1. The Hall–Kier alpha value is -2.01. The summed E-state index contributed by atoms with van der Waals surface area (Å²) in [6.45, 7) is 4.09. The summed E-state index contributed by atoms with van der Waals surface area (Å²) in [5.74, 6) is 1.08. The van der Waals surface area contributed by atoms with Crippen LogP contribution in [0.25, 0.3) is 0 Å². The first-order valence-corrected chi connectivity index (χ1v) is 7.92. The quantitative estimate of drug-likeness (QED) is 0.887. The fraction of sp³-hybridized carbons (Fsp3) is 0.353. The van der Waals surface area contributed by atoms with Crippen molar-refractivity contribution in [1.29, 1.82) is 0 Å². The number of nitrogens with one attached hydrogen (secondary N) is 1. The molecule has 0 saturated carbocycles. The maximum absolute atomic E-state index is 12.4. The van der Waals surface area contributed by atoms with Crippen LogP contribution in [-0.2, 0) is 6.42 Å². The van der Waals surface area contributed by atoms with Gasteiger partial charge in [0.05, 0.1) is 14.2 Å². The Morgan fingerprint density at radius 1 is 1.18 bits per heavy atom. The van der Waals surface area contributed by atoms with Gasteiger partial charge in [-0.3, -0.25) is 4.79 Å². The van der Waals surface area contributed by atoms with E-state index in [-0.39, 0.29) is 11.9 Å². The summed E-state index contributed by atoms with van der Waals surface area (Å²) >= 11 is 1.76. The molecule has 1 aromatic heterocycles. The summed E-state index contributed by atoms with van der Waals surface area (Å²) in [7, 11) is 3.14. The number of carbonyl (C=O) groups excluding carboxylic acids is 1. The molecule has 4 nitrogen and oxygen atoms in total. The van der Waals surface area contributed by atoms with Crippen molar-refractivity contribution in [3.05, 3.63) is 45.6 Å². The third-order valence-corrected chi connectivity index (χ3v) is 4.32. The summed E-state index contributed by atoms with van der Waals surface area (Å²) in [6.07, 6.45) is 0.825. The molecule has 2 aromatic rings. The third-order valence-electron chi connectivity index (χ3n) is 3.29. The van der Waals surface area contributed by atoms with E-state index in [1.54, 1.807) is 43.8 Å². The zero-order valence-electron chi connectivity index (χ0n) is 13.3. The molecule has 1 atom stereocenters. The van der Waals surface area contributed by atoms with E-state index >= 15 is 0 Å². The second-order valence-corrected chi connectivity index (χ2v) is 6.56. The highest BCUT2D eigenvalue weighted by atomic mass is 32.1. The average molecular weight is 319 g/mol. The molecule has 0 fully saturated rings. The summed E-state index contributed by atoms with van der Waals surface area (Å²) in [5, 5.41) is 3.01. The molecule has 0 bridgehead atoms. The average Bonchev–Trinajstić information content (AvgIpc) is 2.91. The number of thiophene rings is 1. The lowest BCUT2D eigenvalue weighted by molar-refractivity contribution is 0.0939. The van der Waals surface area contributed by atoms with Gasteiger partial charge in [0, 0.05) is 33.8 Å². The van der Waals surface area contributed by atoms with E-state index in [9.17, 15) is 4.79 Å². The normalized spacial score (nSPS) is 11.8. The van der Waals surface area contributed by atoms with Gasteiger partial charge in [0.25, 0.3) is 5.91 Å². The van der Waals surface area contributed by atoms with Crippen LogP contribution in [-0.4, -0.2) is 26.2 Å². The van der Waals surface area contributed by atoms with Crippen LogP contribution in [0.5, 0.6) is 11.5 Å². The molecule has 0 radical (unpaired) electrons. The second-order valence-electron chi connectivity index (χ2n) is 5.19. The van der Waals surface area contributed by atoms with Gasteiger partial charge >= 0.3 is 0 Å². The molecule has 0 saturated heterocycles. The Labute approximate surface area is 135 Å². The van der Waals surface area contributed by atoms with Crippen LogP contribution >= 0.6 is 11.3 Å². The molecule has 1 aromatic carbocycles. The summed E-state index contributed by atoms with van der Waals surface area (Å²) in [6, 6.07) is 9.43. The van der Waals surface area contributed by atoms with Crippen molar-refractivity contribution in [2.45, 2.75) is 26.3 Å². The van der Waals surface area contributed by atoms with Crippen LogP contribution in [0.2, 0.25) is 0 Å². The fourth-order valence-electron chi connectivity index (χ4n) is 2.19. The van der Waals surface area contributed by atoms with Gasteiger partial charge in [-0.2, -0.15) is 0 Å². The highest BCUT2D eigenvalue weighted by Crippen LogP contribution is 2.22. The third kappa shape index (κ3) is 4.24. The number of carbonyl (C=O) groups is 1. The van der Waals surface area contributed by atoms with Crippen molar-refractivity contribution < 1.29 is 14.3 Å². The van der Waals surface area contributed by atoms with E-state index in [4.69, 9.17) is 9.47 Å². The summed E-state index contributed by atoms with van der Waals surface area (Å²) in [5.41, 5.74) is 0.533. The minimum absolute atomic E-state index is 0.0581. The molecule has 5 heteroatoms. The molecule has 0 aliphatic rings. The lowest BCUT2D eigenvalue weighted by Gasteiger charge is -2.14. The van der Waals surface area contributed by atoms with Crippen LogP contribution in [0.3, 0.4) is 0 Å². The fourth-order valence-corrected chi connectivity index (χ4v) is 3.21. The van der Waals surface area contributed by atoms with Gasteiger partial charge in [-0.15, -0.1) is 11.3 Å². The highest BCUT2D eigenvalue weighted by molar-refractivity contribution is 7.11. The van der Waals surface area contributed by atoms with Crippen molar-refractivity contribution in [2.24, 2.45) is 0 Å². The molecule has 1 N–H and O–H groups in total. The Kier molecular flexibility index (Phi) is 5.44. The first-order valence-electron chi connectivity index (χ1n) is 7.11. The topological polar surface area (TPSA) is 47.6 Å². The van der Waals surface area contributed by atoms with Crippen LogP contribution in [0, 0.1) is 6.92 Å². The standard InChI is InChI=1S/C17H21NO3S/c1-11(7-16-6-5-12(2)22-16)18-17(19)13-8-14(20-3)10-15(9-13)21-4/h5-6,8-11H,7H2,1-4H3,(H,18,19). The minimum atomic E-state index is -0.127. The maximum Gasteiger partial charge on any atom is 0.251 e. The Bertz CT molecular complexity index is 629. The smallest absolute Gasteiger partial charge is 0.251 e. The maximum atomic E-state index is 12.4. The second kappa shape index (κ2) is 7.31. The summed E-state index contributed by atoms with van der Waals surface area (Å²) < 4.78 is 10.4. The molecular weight excluding hydrogens is 298 g/mol. The highest BCUT2D eigenvalue weighted by Gasteiger charge is 2.13. The first kappa shape index (κ1) is 16.4. The van der Waals surface area contributed by atoms with Crippen molar-refractivity contribution in [3.8, 4) is 11.5 Å². The number of aryl methyl sites for hydroxylation is 1. The Morgan fingerprint density at radius 2 is 1.82 bits per heavy atom. The number of methoxy groups -OCH3 is 2. The minimum Gasteiger partial charge on any atom is -0.497 e. The Balaban J connectivity index is 2.04. The van der Waals surface area contributed by atoms with Crippen molar-refractivity contribution in [2.75, 3.05) is 14.2 Å². The van der Waals surface area contributed by atoms with E-state index in [0.29, 0.717) is 17.1 Å². The van der Waals surface area contributed by atoms with E-state index < -0.39 is 0 Å². The van der Waals surface area contributed by atoms with Gasteiger partial charge in [0.1, 0.15) is 11.5 Å². The zero-order chi connectivity index (χ0) is 16.1. The Morgan fingerprint density at radius 3 is 2.32 bits per heavy atom. The number of hydrogen-bond acceptors (Lipinski definition) is 4. The molecule has 0 aliphatic heterocycles. The van der Waals surface area contributed by atoms with E-state index in [2.05, 4.69) is 24.4 Å². The van der Waals surface area contributed by atoms with E-state index in [0.717, 1.165) is 6.42 Å². The predicted octanol–water partition coefficient (Wildman–Crippen LogP) is 3.43. The number of amides is 1. The van der Waals surface area contributed by atoms with Crippen LogP contribution < -0.4 is 14.8 Å². The number of rotatable bonds is 6. The van der Waals surface area contributed by atoms with Crippen LogP contribution in [0.4, 0.5) is 0 Å². The molecule has 2 rings (SSSR count). The molecule has 0 spiro atoms. The summed E-state index contributed by atoms with van der Waals surface area (Å²) in [4.78, 5) is 14.9. The molecule has 1 heterocycles. The molecule has 1 amide bonds. The molecule has 118 valence electrons. The number of hydrogen-bond donors (Lipinski definition) is 1. The van der Waals surface area contributed by atoms with Gasteiger partial charge in [0.15, 0.2) is 0 Å². The molecule has 22 heavy (non-hydrogen) atoms. The lowest BCUT2D eigenvalue weighted by Crippen LogP contribution is -2.33. The number of ether oxygens (including phenoxy) is 2. The van der Waals surface area contributed by atoms with Gasteiger partial charge in [-0.25, -0.2) is 0 Å². The van der Waals surface area contributed by atoms with Gasteiger partial charge in [-0.05, 0) is 38.1 Å². The van der Waals surface area contributed by atoms with Gasteiger partial charge in [0.2, 0.25) is 0 Å². The predicted molar refractivity (Wildman–Crippen MR) is 89.2 cm³/mol. The van der Waals surface area contributed by atoms with Gasteiger partial charge in [-0.1, -0.05) is 0 Å². The van der Waals surface area contributed by atoms with Crippen molar-refractivity contribution >= 4 is 17.2 Å². The molecule has 1 unspecified atom stereocenters. The largest absolute Gasteiger partial charge is 0.497 e. The molecule has 0 aliphatic carbocycles. The van der Waals surface area contributed by atoms with Gasteiger partial charge < -0.3 is 14.8 Å². The van der Waals surface area contributed by atoms with Crippen LogP contribution in [0.1, 0.15) is 27.0 Å². The van der Waals surface area contributed by atoms with Crippen molar-refractivity contribution in [1.82, 2.24) is 5.32 Å².